The summed E-state index contributed by atoms with van der Waals surface area (Å²) in [5.74, 6) is 0.963. The van der Waals surface area contributed by atoms with Crippen LogP contribution in [0.4, 0.5) is 0 Å². The summed E-state index contributed by atoms with van der Waals surface area (Å²) in [6.45, 7) is 1.94. The summed E-state index contributed by atoms with van der Waals surface area (Å²) in [5.41, 5.74) is 2.33. The maximum Gasteiger partial charge on any atom is 0.0996 e. The lowest BCUT2D eigenvalue weighted by Crippen LogP contribution is -2.02. The molecule has 3 nitrogen and oxygen atoms in total. The second-order valence-corrected chi connectivity index (χ2v) is 3.37. The van der Waals surface area contributed by atoms with Gasteiger partial charge in [-0.1, -0.05) is 6.07 Å². The van der Waals surface area contributed by atoms with Crippen molar-refractivity contribution in [3.8, 4) is 6.07 Å². The molecule has 0 saturated carbocycles. The molecule has 0 bridgehead atoms. The van der Waals surface area contributed by atoms with E-state index >= 15 is 0 Å². The van der Waals surface area contributed by atoms with Crippen LogP contribution in [-0.2, 0) is 0 Å². The van der Waals surface area contributed by atoms with E-state index in [0.29, 0.717) is 5.56 Å². The maximum atomic E-state index is 9.00. The van der Waals surface area contributed by atoms with Crippen LogP contribution in [0.5, 0.6) is 0 Å². The molecule has 2 aromatic rings. The van der Waals surface area contributed by atoms with Gasteiger partial charge in [0.25, 0.3) is 0 Å². The highest BCUT2D eigenvalue weighted by Crippen LogP contribution is 2.22. The minimum absolute atomic E-state index is 0.623. The Bertz CT molecular complexity index is 514. The van der Waals surface area contributed by atoms with Gasteiger partial charge in [-0.25, -0.2) is 0 Å². The Kier molecular flexibility index (Phi) is 2.93. The van der Waals surface area contributed by atoms with Crippen LogP contribution < -0.4 is 0 Å². The van der Waals surface area contributed by atoms with Crippen molar-refractivity contribution in [1.29, 1.82) is 5.26 Å². The van der Waals surface area contributed by atoms with Crippen molar-refractivity contribution in [1.82, 2.24) is 9.97 Å². The number of rotatable bonds is 2. The first-order chi connectivity index (χ1) is 7.83. The molecule has 0 saturated heterocycles. The zero-order chi connectivity index (χ0) is 11.4. The molecule has 0 atom stereocenters. The molecule has 3 heteroatoms. The summed E-state index contributed by atoms with van der Waals surface area (Å²) in [4.78, 5) is 8.30. The fraction of sp³-hybridized carbons (Fsp3) is 0.0769. The summed E-state index contributed by atoms with van der Waals surface area (Å²) in [7, 11) is 0. The lowest BCUT2D eigenvalue weighted by Gasteiger charge is -2.10. The highest BCUT2D eigenvalue weighted by atomic mass is 14.7. The summed E-state index contributed by atoms with van der Waals surface area (Å²) in [5, 5.41) is 9.00. The number of nitrogens with zero attached hydrogens (tertiary/aromatic N) is 3. The van der Waals surface area contributed by atoms with Gasteiger partial charge in [0, 0.05) is 24.2 Å². The van der Waals surface area contributed by atoms with Gasteiger partial charge < -0.3 is 0 Å². The first-order valence-electron chi connectivity index (χ1n) is 4.92. The normalized spacial score (nSPS) is 10.1. The summed E-state index contributed by atoms with van der Waals surface area (Å²) >= 11 is 0. The zero-order valence-electron chi connectivity index (χ0n) is 8.88. The van der Waals surface area contributed by atoms with Gasteiger partial charge in [0.1, 0.15) is 0 Å². The third-order valence-corrected chi connectivity index (χ3v) is 2.39. The molecule has 16 heavy (non-hydrogen) atoms. The van der Waals surface area contributed by atoms with Crippen molar-refractivity contribution in [3.05, 3.63) is 65.6 Å². The van der Waals surface area contributed by atoms with Crippen molar-refractivity contribution in [3.63, 3.8) is 0 Å². The van der Waals surface area contributed by atoms with E-state index in [1.807, 2.05) is 25.1 Å². The monoisotopic (exact) mass is 208 g/mol. The van der Waals surface area contributed by atoms with E-state index in [2.05, 4.69) is 16.0 Å². The molecule has 0 N–H and O–H groups in total. The highest BCUT2D eigenvalue weighted by molar-refractivity contribution is 5.48. The third kappa shape index (κ3) is 1.91. The minimum Gasteiger partial charge on any atom is -0.264 e. The molecule has 0 aliphatic carbocycles. The Hall–Kier alpha value is -2.21. The first-order valence-corrected chi connectivity index (χ1v) is 4.92. The molecule has 0 spiro atoms. The fourth-order valence-electron chi connectivity index (χ4n) is 1.51. The van der Waals surface area contributed by atoms with Crippen LogP contribution in [-0.4, -0.2) is 9.97 Å². The number of aromatic nitrogens is 2. The molecular formula is C13H10N3. The smallest absolute Gasteiger partial charge is 0.0996 e. The van der Waals surface area contributed by atoms with Crippen LogP contribution in [0.25, 0.3) is 0 Å². The number of nitriles is 1. The van der Waals surface area contributed by atoms with Gasteiger partial charge >= 0.3 is 0 Å². The number of hydrogen-bond acceptors (Lipinski definition) is 3. The Morgan fingerprint density at radius 1 is 1.25 bits per heavy atom. The quantitative estimate of drug-likeness (QED) is 0.761. The van der Waals surface area contributed by atoms with E-state index in [9.17, 15) is 0 Å². The largest absolute Gasteiger partial charge is 0.264 e. The van der Waals surface area contributed by atoms with Crippen LogP contribution in [0.2, 0.25) is 0 Å². The van der Waals surface area contributed by atoms with Gasteiger partial charge in [0.05, 0.1) is 23.2 Å². The molecular weight excluding hydrogens is 198 g/mol. The van der Waals surface area contributed by atoms with Crippen LogP contribution in [0.15, 0.2) is 42.9 Å². The Labute approximate surface area is 94.4 Å². The number of hydrogen-bond donors (Lipinski definition) is 0. The molecule has 2 heterocycles. The topological polar surface area (TPSA) is 49.6 Å². The highest BCUT2D eigenvalue weighted by Gasteiger charge is 2.14. The summed E-state index contributed by atoms with van der Waals surface area (Å²) in [6.07, 6.45) is 5.05. The van der Waals surface area contributed by atoms with Gasteiger partial charge in [-0.3, -0.25) is 9.97 Å². The predicted octanol–water partition coefficient (Wildman–Crippen LogP) is 2.34. The SMILES string of the molecule is C[C](c1ccccn1)c1cnccc1C#N. The maximum absolute atomic E-state index is 9.00. The average molecular weight is 208 g/mol. The van der Waals surface area contributed by atoms with Crippen LogP contribution in [0.1, 0.15) is 23.7 Å². The second-order valence-electron chi connectivity index (χ2n) is 3.37. The van der Waals surface area contributed by atoms with E-state index in [4.69, 9.17) is 5.26 Å². The van der Waals surface area contributed by atoms with Gasteiger partial charge in [0.15, 0.2) is 0 Å². The van der Waals surface area contributed by atoms with E-state index in [0.717, 1.165) is 17.2 Å². The fourth-order valence-corrected chi connectivity index (χ4v) is 1.51. The van der Waals surface area contributed by atoms with E-state index < -0.39 is 0 Å². The van der Waals surface area contributed by atoms with Crippen molar-refractivity contribution in [2.45, 2.75) is 6.92 Å². The van der Waals surface area contributed by atoms with E-state index in [1.165, 1.54) is 0 Å². The van der Waals surface area contributed by atoms with E-state index in [-0.39, 0.29) is 0 Å². The van der Waals surface area contributed by atoms with Crippen LogP contribution in [0.3, 0.4) is 0 Å². The van der Waals surface area contributed by atoms with Crippen molar-refractivity contribution >= 4 is 0 Å². The molecule has 2 rings (SSSR count). The molecule has 77 valence electrons. The molecule has 0 amide bonds. The van der Waals surface area contributed by atoms with Crippen LogP contribution in [0, 0.1) is 17.2 Å². The van der Waals surface area contributed by atoms with Gasteiger partial charge in [-0.15, -0.1) is 0 Å². The third-order valence-electron chi connectivity index (χ3n) is 2.39. The van der Waals surface area contributed by atoms with Crippen molar-refractivity contribution in [2.24, 2.45) is 0 Å². The van der Waals surface area contributed by atoms with Crippen LogP contribution >= 0.6 is 0 Å². The molecule has 0 aliphatic rings. The molecule has 0 fully saturated rings. The molecule has 0 aromatic carbocycles. The summed E-state index contributed by atoms with van der Waals surface area (Å²) < 4.78 is 0. The van der Waals surface area contributed by atoms with Gasteiger partial charge in [-0.2, -0.15) is 5.26 Å². The first kappa shape index (κ1) is 10.3. The molecule has 0 aliphatic heterocycles. The Morgan fingerprint density at radius 3 is 2.81 bits per heavy atom. The van der Waals surface area contributed by atoms with Gasteiger partial charge in [0.2, 0.25) is 0 Å². The lowest BCUT2D eigenvalue weighted by molar-refractivity contribution is 1.07. The number of pyridine rings is 2. The minimum atomic E-state index is 0.623. The Morgan fingerprint density at radius 2 is 2.12 bits per heavy atom. The predicted molar refractivity (Wildman–Crippen MR) is 60.3 cm³/mol. The molecule has 0 unspecified atom stereocenters. The van der Waals surface area contributed by atoms with Gasteiger partial charge in [-0.05, 0) is 25.1 Å². The van der Waals surface area contributed by atoms with E-state index in [1.54, 1.807) is 24.7 Å². The summed E-state index contributed by atoms with van der Waals surface area (Å²) in [6, 6.07) is 9.58. The molecule has 1 radical (unpaired) electrons. The standard InChI is InChI=1S/C13H10N3/c1-10(13-4-2-3-6-16-13)12-9-15-7-5-11(12)8-14/h2-7,9H,1H3. The lowest BCUT2D eigenvalue weighted by atomic mass is 9.95. The second kappa shape index (κ2) is 4.54. The van der Waals surface area contributed by atoms with Crippen molar-refractivity contribution < 1.29 is 0 Å². The van der Waals surface area contributed by atoms with Crippen molar-refractivity contribution in [2.75, 3.05) is 0 Å². The molecule has 2 aromatic heterocycles. The Balaban J connectivity index is 2.42. The average Bonchev–Trinajstić information content (AvgIpc) is 2.39. The zero-order valence-corrected chi connectivity index (χ0v) is 8.88.